The largest absolute Gasteiger partial charge is 0.507 e. The van der Waals surface area contributed by atoms with Crippen molar-refractivity contribution in [1.29, 1.82) is 0 Å². The highest BCUT2D eigenvalue weighted by atomic mass is 35.5. The van der Waals surface area contributed by atoms with Crippen LogP contribution in [-0.2, 0) is 9.59 Å². The second-order valence-corrected chi connectivity index (χ2v) is 6.11. The molecule has 128 valence electrons. The van der Waals surface area contributed by atoms with Crippen molar-refractivity contribution in [3.8, 4) is 5.75 Å². The molecule has 7 heteroatoms. The molecule has 0 aliphatic carbocycles. The van der Waals surface area contributed by atoms with E-state index in [4.69, 9.17) is 11.6 Å². The summed E-state index contributed by atoms with van der Waals surface area (Å²) in [4.78, 5) is 25.9. The second-order valence-electron chi connectivity index (χ2n) is 5.67. The van der Waals surface area contributed by atoms with Crippen molar-refractivity contribution in [2.24, 2.45) is 11.0 Å². The molecule has 2 aromatic carbocycles. The molecule has 1 aliphatic rings. The first-order valence-electron chi connectivity index (χ1n) is 7.71. The number of hydrogen-bond acceptors (Lipinski definition) is 4. The highest BCUT2D eigenvalue weighted by molar-refractivity contribution is 6.30. The van der Waals surface area contributed by atoms with E-state index in [0.29, 0.717) is 22.8 Å². The molecule has 0 radical (unpaired) electrons. The number of hydrazone groups is 1. The van der Waals surface area contributed by atoms with Crippen LogP contribution in [0.2, 0.25) is 5.02 Å². The van der Waals surface area contributed by atoms with E-state index in [9.17, 15) is 14.7 Å². The molecule has 1 aliphatic heterocycles. The van der Waals surface area contributed by atoms with Gasteiger partial charge in [-0.3, -0.25) is 9.59 Å². The minimum atomic E-state index is -0.482. The molecule has 0 bridgehead atoms. The summed E-state index contributed by atoms with van der Waals surface area (Å²) in [7, 11) is 0. The van der Waals surface area contributed by atoms with Crippen LogP contribution < -0.4 is 10.3 Å². The van der Waals surface area contributed by atoms with E-state index in [1.54, 1.807) is 47.4 Å². The van der Waals surface area contributed by atoms with Crippen LogP contribution in [0.5, 0.6) is 5.75 Å². The number of carbonyl (C=O) groups excluding carboxylic acids is 2. The molecule has 2 amide bonds. The van der Waals surface area contributed by atoms with Crippen LogP contribution in [0.3, 0.4) is 0 Å². The average Bonchev–Trinajstić information content (AvgIpc) is 2.99. The first kappa shape index (κ1) is 17.0. The van der Waals surface area contributed by atoms with Crippen LogP contribution in [0.4, 0.5) is 5.69 Å². The molecule has 1 atom stereocenters. The van der Waals surface area contributed by atoms with Gasteiger partial charge in [-0.05, 0) is 36.4 Å². The van der Waals surface area contributed by atoms with Crippen LogP contribution >= 0.6 is 11.6 Å². The van der Waals surface area contributed by atoms with Crippen LogP contribution in [0.1, 0.15) is 12.0 Å². The number of phenolic OH excluding ortho intramolecular Hbond substituents is 1. The topological polar surface area (TPSA) is 82.0 Å². The predicted octanol–water partition coefficient (Wildman–Crippen LogP) is 2.55. The summed E-state index contributed by atoms with van der Waals surface area (Å²) in [5.41, 5.74) is 3.63. The molecule has 1 saturated heterocycles. The van der Waals surface area contributed by atoms with Gasteiger partial charge in [0.25, 0.3) is 0 Å². The Morgan fingerprint density at radius 1 is 1.24 bits per heavy atom. The zero-order chi connectivity index (χ0) is 17.8. The van der Waals surface area contributed by atoms with E-state index < -0.39 is 5.92 Å². The number of benzene rings is 2. The van der Waals surface area contributed by atoms with Gasteiger partial charge in [0.05, 0.1) is 12.1 Å². The molecule has 6 nitrogen and oxygen atoms in total. The lowest BCUT2D eigenvalue weighted by molar-refractivity contribution is -0.126. The maximum absolute atomic E-state index is 12.2. The lowest BCUT2D eigenvalue weighted by Gasteiger charge is -2.16. The molecule has 0 aromatic heterocycles. The minimum Gasteiger partial charge on any atom is -0.507 e. The number of rotatable bonds is 4. The van der Waals surface area contributed by atoms with Crippen molar-refractivity contribution < 1.29 is 14.7 Å². The van der Waals surface area contributed by atoms with Gasteiger partial charge in [-0.25, -0.2) is 5.43 Å². The third-order valence-corrected chi connectivity index (χ3v) is 4.20. The molecule has 25 heavy (non-hydrogen) atoms. The highest BCUT2D eigenvalue weighted by Gasteiger charge is 2.35. The molecule has 3 rings (SSSR count). The Morgan fingerprint density at radius 2 is 1.96 bits per heavy atom. The molecule has 2 N–H and O–H groups in total. The number of aromatic hydroxyl groups is 1. The molecule has 0 unspecified atom stereocenters. The van der Waals surface area contributed by atoms with Crippen LogP contribution in [-0.4, -0.2) is 29.7 Å². The van der Waals surface area contributed by atoms with Gasteiger partial charge in [0, 0.05) is 29.2 Å². The van der Waals surface area contributed by atoms with Crippen molar-refractivity contribution in [2.45, 2.75) is 6.42 Å². The van der Waals surface area contributed by atoms with Crippen molar-refractivity contribution in [3.05, 3.63) is 59.1 Å². The third kappa shape index (κ3) is 3.97. The molecule has 2 aromatic rings. The van der Waals surface area contributed by atoms with Gasteiger partial charge >= 0.3 is 0 Å². The van der Waals surface area contributed by atoms with Gasteiger partial charge in [0.15, 0.2) is 0 Å². The normalized spacial score (nSPS) is 17.2. The molecular weight excluding hydrogens is 342 g/mol. The van der Waals surface area contributed by atoms with Gasteiger partial charge in [-0.1, -0.05) is 23.7 Å². The minimum absolute atomic E-state index is 0.0745. The van der Waals surface area contributed by atoms with Gasteiger partial charge in [-0.15, -0.1) is 0 Å². The Morgan fingerprint density at radius 3 is 2.68 bits per heavy atom. The van der Waals surface area contributed by atoms with Crippen molar-refractivity contribution in [3.63, 3.8) is 0 Å². The van der Waals surface area contributed by atoms with E-state index in [0.717, 1.165) is 0 Å². The number of hydrogen-bond donors (Lipinski definition) is 2. The first-order valence-corrected chi connectivity index (χ1v) is 8.09. The van der Waals surface area contributed by atoms with E-state index in [1.807, 2.05) is 0 Å². The average molecular weight is 358 g/mol. The maximum Gasteiger partial charge on any atom is 0.245 e. The monoisotopic (exact) mass is 357 g/mol. The van der Waals surface area contributed by atoms with E-state index in [1.165, 1.54) is 12.3 Å². The molecule has 0 spiro atoms. The lowest BCUT2D eigenvalue weighted by Crippen LogP contribution is -2.30. The quantitative estimate of drug-likeness (QED) is 0.651. The fourth-order valence-electron chi connectivity index (χ4n) is 2.61. The van der Waals surface area contributed by atoms with Crippen LogP contribution in [0.25, 0.3) is 0 Å². The number of amides is 2. The number of halogens is 1. The summed E-state index contributed by atoms with van der Waals surface area (Å²) in [5, 5.41) is 14.1. The van der Waals surface area contributed by atoms with Crippen molar-refractivity contribution in [1.82, 2.24) is 5.43 Å². The Kier molecular flexibility index (Phi) is 5.00. The van der Waals surface area contributed by atoms with Crippen LogP contribution in [0.15, 0.2) is 53.6 Å². The molecule has 1 heterocycles. The smallest absolute Gasteiger partial charge is 0.245 e. The van der Waals surface area contributed by atoms with Crippen molar-refractivity contribution in [2.75, 3.05) is 11.4 Å². The maximum atomic E-state index is 12.2. The summed E-state index contributed by atoms with van der Waals surface area (Å²) in [6.07, 6.45) is 1.49. The molecule has 1 fully saturated rings. The summed E-state index contributed by atoms with van der Waals surface area (Å²) < 4.78 is 0. The lowest BCUT2D eigenvalue weighted by atomic mass is 10.1. The Hall–Kier alpha value is -2.86. The number of nitrogens with zero attached hydrogens (tertiary/aromatic N) is 2. The highest BCUT2D eigenvalue weighted by Crippen LogP contribution is 2.26. The van der Waals surface area contributed by atoms with Gasteiger partial charge in [-0.2, -0.15) is 5.10 Å². The summed E-state index contributed by atoms with van der Waals surface area (Å²) >= 11 is 5.85. The standard InChI is InChI=1S/C18H16ClN3O3/c19-14-5-7-15(8-6-14)22-11-13(9-17(22)24)18(25)21-20-10-12-3-1-2-4-16(12)23/h1-8,10,13,23H,9,11H2,(H,21,25)/b20-10+/t13-/m1/s1. The summed E-state index contributed by atoms with van der Waals surface area (Å²) in [5.74, 6) is -0.862. The van der Waals surface area contributed by atoms with E-state index in [-0.39, 0.29) is 24.0 Å². The van der Waals surface area contributed by atoms with Crippen molar-refractivity contribution >= 4 is 35.3 Å². The van der Waals surface area contributed by atoms with Gasteiger partial charge in [0.1, 0.15) is 5.75 Å². The Labute approximate surface area is 149 Å². The number of nitrogens with one attached hydrogen (secondary N) is 1. The fraction of sp³-hybridized carbons (Fsp3) is 0.167. The first-order chi connectivity index (χ1) is 12.0. The predicted molar refractivity (Wildman–Crippen MR) is 95.8 cm³/mol. The number of anilines is 1. The summed E-state index contributed by atoms with van der Waals surface area (Å²) in [6, 6.07) is 13.6. The Balaban J connectivity index is 1.61. The third-order valence-electron chi connectivity index (χ3n) is 3.95. The number of para-hydroxylation sites is 1. The second kappa shape index (κ2) is 7.36. The number of carbonyl (C=O) groups is 2. The number of phenols is 1. The van der Waals surface area contributed by atoms with E-state index >= 15 is 0 Å². The fourth-order valence-corrected chi connectivity index (χ4v) is 2.73. The Bertz CT molecular complexity index is 821. The van der Waals surface area contributed by atoms with Gasteiger partial charge in [0.2, 0.25) is 11.8 Å². The zero-order valence-electron chi connectivity index (χ0n) is 13.2. The van der Waals surface area contributed by atoms with E-state index in [2.05, 4.69) is 10.5 Å². The van der Waals surface area contributed by atoms with Crippen LogP contribution in [0, 0.1) is 5.92 Å². The SMILES string of the molecule is O=C(N/N=C/c1ccccc1O)[C@@H]1CC(=O)N(c2ccc(Cl)cc2)C1. The summed E-state index contributed by atoms with van der Waals surface area (Å²) in [6.45, 7) is 0.290. The zero-order valence-corrected chi connectivity index (χ0v) is 14.0. The molecular formula is C18H16ClN3O3. The molecule has 0 saturated carbocycles. The van der Waals surface area contributed by atoms with Gasteiger partial charge < -0.3 is 10.0 Å².